The van der Waals surface area contributed by atoms with Crippen LogP contribution >= 0.6 is 0 Å². The normalized spacial score (nSPS) is 13.5. The molecular weight excluding hydrogens is 793 g/mol. The fourth-order valence-electron chi connectivity index (χ4n) is 7.17. The third kappa shape index (κ3) is 29.0. The Bertz CT molecular complexity index is 1130. The van der Waals surface area contributed by atoms with Gasteiger partial charge in [-0.1, -0.05) is 121 Å². The Hall–Kier alpha value is -3.48. The predicted octanol–water partition coefficient (Wildman–Crippen LogP) is 9.67. The van der Waals surface area contributed by atoms with Gasteiger partial charge in [-0.25, -0.2) is 0 Å². The number of carbonyl (C=O) groups is 6. The molecule has 0 aliphatic rings. The van der Waals surface area contributed by atoms with Crippen LogP contribution in [0.25, 0.3) is 0 Å². The maximum atomic E-state index is 13.3. The highest BCUT2D eigenvalue weighted by Crippen LogP contribution is 2.35. The van der Waals surface area contributed by atoms with Crippen LogP contribution in [0.1, 0.15) is 200 Å². The molecule has 0 heterocycles. The lowest BCUT2D eigenvalue weighted by Gasteiger charge is -2.40. The highest BCUT2D eigenvalue weighted by molar-refractivity contribution is 5.94. The van der Waals surface area contributed by atoms with E-state index in [0.29, 0.717) is 19.3 Å². The molecule has 356 valence electrons. The average molecular weight is 877 g/mol. The van der Waals surface area contributed by atoms with E-state index in [1.807, 2.05) is 18.2 Å². The molecule has 0 aromatic carbocycles. The minimum Gasteiger partial charge on any atom is -0.466 e. The third-order valence-electron chi connectivity index (χ3n) is 11.4. The van der Waals surface area contributed by atoms with Gasteiger partial charge in [-0.2, -0.15) is 0 Å². The lowest BCUT2D eigenvalue weighted by molar-refractivity contribution is -0.172. The van der Waals surface area contributed by atoms with Gasteiger partial charge in [0.1, 0.15) is 18.3 Å². The van der Waals surface area contributed by atoms with Crippen molar-refractivity contribution in [3.63, 3.8) is 0 Å². The molecule has 0 saturated carbocycles. The van der Waals surface area contributed by atoms with E-state index in [0.717, 1.165) is 142 Å². The van der Waals surface area contributed by atoms with Crippen LogP contribution in [0.15, 0.2) is 38.0 Å². The highest BCUT2D eigenvalue weighted by atomic mass is 16.5. The van der Waals surface area contributed by atoms with E-state index >= 15 is 0 Å². The number of esters is 3. The fraction of sp³-hybridized carbons (Fsp3) is 0.760. The Labute approximate surface area is 373 Å². The van der Waals surface area contributed by atoms with Gasteiger partial charge in [0, 0.05) is 19.3 Å². The maximum Gasteiger partial charge on any atom is 0.306 e. The second-order valence-corrected chi connectivity index (χ2v) is 16.8. The summed E-state index contributed by atoms with van der Waals surface area (Å²) in [7, 11) is 0. The molecule has 0 aliphatic carbocycles. The fourth-order valence-corrected chi connectivity index (χ4v) is 7.17. The van der Waals surface area contributed by atoms with E-state index < -0.39 is 97.5 Å². The first-order valence-electron chi connectivity index (χ1n) is 23.8. The van der Waals surface area contributed by atoms with Gasteiger partial charge in [-0.05, 0) is 57.8 Å². The van der Waals surface area contributed by atoms with Crippen LogP contribution < -0.4 is 0 Å². The summed E-state index contributed by atoms with van der Waals surface area (Å²) < 4.78 is 15.8. The zero-order valence-corrected chi connectivity index (χ0v) is 38.4. The molecule has 0 radical (unpaired) electrons. The van der Waals surface area contributed by atoms with E-state index in [2.05, 4.69) is 19.7 Å². The van der Waals surface area contributed by atoms with Crippen LogP contribution in [0.4, 0.5) is 0 Å². The lowest BCUT2D eigenvalue weighted by atomic mass is 9.68. The molecular formula is C50H84O12. The van der Waals surface area contributed by atoms with Gasteiger partial charge in [0.2, 0.25) is 0 Å². The molecule has 62 heavy (non-hydrogen) atoms. The van der Waals surface area contributed by atoms with Crippen molar-refractivity contribution in [2.45, 2.75) is 218 Å². The quantitative estimate of drug-likeness (QED) is 0.0228. The molecule has 0 bridgehead atoms. The molecule has 12 nitrogen and oxygen atoms in total. The molecule has 0 spiro atoms. The van der Waals surface area contributed by atoms with Crippen molar-refractivity contribution in [2.75, 3.05) is 19.8 Å². The highest BCUT2D eigenvalue weighted by Gasteiger charge is 2.53. The number of hydrogen-bond acceptors (Lipinski definition) is 12. The topological polar surface area (TPSA) is 191 Å². The Morgan fingerprint density at radius 2 is 0.597 bits per heavy atom. The van der Waals surface area contributed by atoms with Crippen LogP contribution in [-0.4, -0.2) is 88.7 Å². The molecule has 0 saturated heterocycles. The first-order chi connectivity index (χ1) is 29.9. The molecule has 0 aromatic rings. The van der Waals surface area contributed by atoms with Crippen molar-refractivity contribution in [3.8, 4) is 0 Å². The molecule has 0 fully saturated rings. The number of aliphatic hydroxyl groups is 3. The summed E-state index contributed by atoms with van der Waals surface area (Å²) in [4.78, 5) is 77.2. The first kappa shape index (κ1) is 58.5. The monoisotopic (exact) mass is 877 g/mol. The zero-order valence-electron chi connectivity index (χ0n) is 38.4. The van der Waals surface area contributed by atoms with Gasteiger partial charge >= 0.3 is 17.9 Å². The van der Waals surface area contributed by atoms with Crippen LogP contribution in [-0.2, 0) is 43.0 Å². The molecule has 0 amide bonds. The Morgan fingerprint density at radius 3 is 0.823 bits per heavy atom. The molecule has 3 N–H and O–H groups in total. The number of aliphatic hydroxyl groups excluding tert-OH is 3. The number of ether oxygens (including phenoxy) is 3. The molecule has 3 unspecified atom stereocenters. The van der Waals surface area contributed by atoms with Crippen molar-refractivity contribution in [3.05, 3.63) is 38.0 Å². The van der Waals surface area contributed by atoms with Crippen LogP contribution in [0.2, 0.25) is 0 Å². The van der Waals surface area contributed by atoms with Crippen LogP contribution in [0.5, 0.6) is 0 Å². The van der Waals surface area contributed by atoms with Gasteiger partial charge in [-0.15, -0.1) is 19.7 Å². The number of unbranched alkanes of at least 4 members (excludes halogenated alkanes) is 21. The van der Waals surface area contributed by atoms with Crippen LogP contribution in [0, 0.1) is 5.41 Å². The molecule has 0 rings (SSSR count). The van der Waals surface area contributed by atoms with E-state index in [-0.39, 0.29) is 19.8 Å². The summed E-state index contributed by atoms with van der Waals surface area (Å²) in [6.07, 6.45) is 20.2. The summed E-state index contributed by atoms with van der Waals surface area (Å²) in [5.74, 6) is -5.06. The van der Waals surface area contributed by atoms with Gasteiger partial charge in [0.15, 0.2) is 17.3 Å². The van der Waals surface area contributed by atoms with Crippen LogP contribution in [0.3, 0.4) is 0 Å². The SMILES string of the molecule is C=CCCCCCCCCCOC(=O)CCC(=O)C(O)C(C)(C(O)C(=O)CCC(=O)OCCCCCCCCCC=C)C(O)C(=O)CCC(=O)OCCCCCCCCCC=C. The minimum atomic E-state index is -2.48. The van der Waals surface area contributed by atoms with Gasteiger partial charge < -0.3 is 29.5 Å². The van der Waals surface area contributed by atoms with Gasteiger partial charge in [0.25, 0.3) is 0 Å². The third-order valence-corrected chi connectivity index (χ3v) is 11.4. The Morgan fingerprint density at radius 1 is 0.387 bits per heavy atom. The smallest absolute Gasteiger partial charge is 0.306 e. The second-order valence-electron chi connectivity index (χ2n) is 16.8. The largest absolute Gasteiger partial charge is 0.466 e. The van der Waals surface area contributed by atoms with E-state index in [1.54, 1.807) is 0 Å². The van der Waals surface area contributed by atoms with E-state index in [4.69, 9.17) is 14.2 Å². The Kier molecular flexibility index (Phi) is 36.9. The van der Waals surface area contributed by atoms with Crippen molar-refractivity contribution in [1.82, 2.24) is 0 Å². The summed E-state index contributed by atoms with van der Waals surface area (Å²) in [5, 5.41) is 33.9. The molecule has 3 atom stereocenters. The molecule has 0 aromatic heterocycles. The second kappa shape index (κ2) is 39.1. The average Bonchev–Trinajstić information content (AvgIpc) is 3.27. The first-order valence-corrected chi connectivity index (χ1v) is 23.8. The predicted molar refractivity (Wildman–Crippen MR) is 243 cm³/mol. The number of ketones is 3. The summed E-state index contributed by atoms with van der Waals surface area (Å²) >= 11 is 0. The Balaban J connectivity index is 5.26. The lowest BCUT2D eigenvalue weighted by Crippen LogP contribution is -2.59. The number of carbonyl (C=O) groups excluding carboxylic acids is 6. The summed E-state index contributed by atoms with van der Waals surface area (Å²) in [5.41, 5.74) is -2.48. The van der Waals surface area contributed by atoms with Crippen molar-refractivity contribution in [2.24, 2.45) is 5.41 Å². The number of Topliss-reactive ketones (excluding diaryl/α,β-unsaturated/α-hetero) is 3. The van der Waals surface area contributed by atoms with Crippen molar-refractivity contribution in [1.29, 1.82) is 0 Å². The van der Waals surface area contributed by atoms with Gasteiger partial charge in [-0.3, -0.25) is 28.8 Å². The van der Waals surface area contributed by atoms with Gasteiger partial charge in [0.05, 0.1) is 44.5 Å². The van der Waals surface area contributed by atoms with E-state index in [1.165, 1.54) is 0 Å². The summed E-state index contributed by atoms with van der Waals surface area (Å²) in [6.45, 7) is 12.7. The van der Waals surface area contributed by atoms with Crippen molar-refractivity contribution < 1.29 is 58.3 Å². The maximum absolute atomic E-state index is 13.3. The summed E-state index contributed by atoms with van der Waals surface area (Å²) in [6, 6.07) is 0. The number of rotatable bonds is 45. The number of allylic oxidation sites excluding steroid dienone is 3. The van der Waals surface area contributed by atoms with E-state index in [9.17, 15) is 44.1 Å². The zero-order chi connectivity index (χ0) is 46.3. The molecule has 0 aliphatic heterocycles. The molecule has 12 heteroatoms. The van der Waals surface area contributed by atoms with Crippen molar-refractivity contribution >= 4 is 35.3 Å². The number of hydrogen-bond donors (Lipinski definition) is 3. The minimum absolute atomic E-state index is 0.169. The standard InChI is InChI=1S/C50H84O12/c1-5-8-11-14-17-20-23-26-29-38-60-44(54)35-32-41(51)47(57)50(4,48(58)42(52)33-36-45(55)61-39-30-27-24-21-18-15-12-9-6-2)49(59)43(53)34-37-46(56)62-40-31-28-25-22-19-16-13-10-7-3/h5-7,47-49,57-59H,1-3,8-40H2,4H3.